The Labute approximate surface area is 105 Å². The lowest BCUT2D eigenvalue weighted by Gasteiger charge is -2.19. The average Bonchev–Trinajstić information content (AvgIpc) is 2.94. The van der Waals surface area contributed by atoms with Crippen LogP contribution in [0.15, 0.2) is 18.5 Å². The maximum atomic E-state index is 11.9. The Morgan fingerprint density at radius 3 is 2.94 bits per heavy atom. The summed E-state index contributed by atoms with van der Waals surface area (Å²) < 4.78 is 1.64. The van der Waals surface area contributed by atoms with Gasteiger partial charge in [0.05, 0.1) is 6.20 Å². The van der Waals surface area contributed by atoms with Gasteiger partial charge in [-0.2, -0.15) is 5.10 Å². The second-order valence-corrected chi connectivity index (χ2v) is 4.31. The molecular formula is C12H15N3O3. The number of carbonyl (C=O) groups excluding carboxylic acids is 1. The number of carboxylic acid groups (broad SMARTS) is 1. The largest absolute Gasteiger partial charge is 0.480 e. The predicted molar refractivity (Wildman–Crippen MR) is 64.6 cm³/mol. The molecule has 1 saturated heterocycles. The standard InChI is InChI=1S/C12H15N3O3/c1-14-8-9(7-13-14)4-5-11(16)15-6-2-3-10(15)12(17)18/h4-5,7-8,10H,2-3,6H2,1H3,(H,17,18)/t10-/m1/s1. The van der Waals surface area contributed by atoms with Crippen molar-refractivity contribution in [3.8, 4) is 0 Å². The number of hydrogen-bond donors (Lipinski definition) is 1. The van der Waals surface area contributed by atoms with E-state index < -0.39 is 12.0 Å². The fourth-order valence-electron chi connectivity index (χ4n) is 2.08. The van der Waals surface area contributed by atoms with Crippen LogP contribution in [0.2, 0.25) is 0 Å². The Hall–Kier alpha value is -2.11. The number of amides is 1. The van der Waals surface area contributed by atoms with E-state index in [1.807, 2.05) is 0 Å². The summed E-state index contributed by atoms with van der Waals surface area (Å²) in [7, 11) is 1.79. The highest BCUT2D eigenvalue weighted by atomic mass is 16.4. The van der Waals surface area contributed by atoms with Crippen LogP contribution in [0.1, 0.15) is 18.4 Å². The van der Waals surface area contributed by atoms with Crippen molar-refractivity contribution >= 4 is 18.0 Å². The molecule has 0 radical (unpaired) electrons. The lowest BCUT2D eigenvalue weighted by molar-refractivity contribution is -0.146. The number of aliphatic carboxylic acids is 1. The van der Waals surface area contributed by atoms with Crippen LogP contribution in [0, 0.1) is 0 Å². The number of rotatable bonds is 3. The first kappa shape index (κ1) is 12.3. The molecule has 1 aliphatic rings. The highest BCUT2D eigenvalue weighted by Gasteiger charge is 2.32. The third-order valence-corrected chi connectivity index (χ3v) is 2.96. The molecule has 0 saturated carbocycles. The minimum atomic E-state index is -0.935. The Morgan fingerprint density at radius 1 is 1.56 bits per heavy atom. The predicted octanol–water partition coefficient (Wildman–Crippen LogP) is 0.509. The lowest BCUT2D eigenvalue weighted by Crippen LogP contribution is -2.39. The van der Waals surface area contributed by atoms with Gasteiger partial charge in [0.15, 0.2) is 0 Å². The molecule has 2 heterocycles. The second-order valence-electron chi connectivity index (χ2n) is 4.31. The third kappa shape index (κ3) is 2.58. The van der Waals surface area contributed by atoms with Crippen molar-refractivity contribution in [3.63, 3.8) is 0 Å². The molecule has 0 bridgehead atoms. The quantitative estimate of drug-likeness (QED) is 0.792. The van der Waals surface area contributed by atoms with Crippen LogP contribution >= 0.6 is 0 Å². The molecule has 1 atom stereocenters. The van der Waals surface area contributed by atoms with E-state index in [0.717, 1.165) is 12.0 Å². The first-order chi connectivity index (χ1) is 8.58. The van der Waals surface area contributed by atoms with E-state index in [4.69, 9.17) is 5.11 Å². The molecule has 1 fully saturated rings. The fourth-order valence-corrected chi connectivity index (χ4v) is 2.08. The molecule has 2 rings (SSSR count). The van der Waals surface area contributed by atoms with Crippen LogP contribution in [0.4, 0.5) is 0 Å². The smallest absolute Gasteiger partial charge is 0.326 e. The van der Waals surface area contributed by atoms with Gasteiger partial charge in [-0.05, 0) is 18.9 Å². The summed E-state index contributed by atoms with van der Waals surface area (Å²) in [5.41, 5.74) is 0.817. The molecule has 6 heteroatoms. The van der Waals surface area contributed by atoms with Crippen molar-refractivity contribution in [2.24, 2.45) is 7.05 Å². The number of hydrogen-bond acceptors (Lipinski definition) is 3. The number of nitrogens with zero attached hydrogens (tertiary/aromatic N) is 3. The third-order valence-electron chi connectivity index (χ3n) is 2.96. The van der Waals surface area contributed by atoms with Crippen LogP contribution in [0.25, 0.3) is 6.08 Å². The molecule has 1 aromatic heterocycles. The van der Waals surface area contributed by atoms with E-state index in [1.54, 1.807) is 30.2 Å². The first-order valence-corrected chi connectivity index (χ1v) is 5.78. The molecule has 1 aromatic rings. The van der Waals surface area contributed by atoms with Crippen molar-refractivity contribution in [2.45, 2.75) is 18.9 Å². The molecule has 0 aliphatic carbocycles. The molecule has 0 unspecified atom stereocenters. The summed E-state index contributed by atoms with van der Waals surface area (Å²) in [6.45, 7) is 0.507. The monoisotopic (exact) mass is 249 g/mol. The maximum Gasteiger partial charge on any atom is 0.326 e. The average molecular weight is 249 g/mol. The van der Waals surface area contributed by atoms with Gasteiger partial charge in [-0.15, -0.1) is 0 Å². The van der Waals surface area contributed by atoms with Crippen LogP contribution in [-0.4, -0.2) is 44.3 Å². The molecule has 0 aromatic carbocycles. The first-order valence-electron chi connectivity index (χ1n) is 5.78. The summed E-state index contributed by atoms with van der Waals surface area (Å²) >= 11 is 0. The molecular weight excluding hydrogens is 234 g/mol. The number of carboxylic acids is 1. The highest BCUT2D eigenvalue weighted by Crippen LogP contribution is 2.18. The van der Waals surface area contributed by atoms with Crippen LogP contribution in [-0.2, 0) is 16.6 Å². The van der Waals surface area contributed by atoms with Gasteiger partial charge in [-0.1, -0.05) is 0 Å². The molecule has 0 spiro atoms. The van der Waals surface area contributed by atoms with E-state index in [2.05, 4.69) is 5.10 Å². The SMILES string of the molecule is Cn1cc(C=CC(=O)N2CCC[C@@H]2C(=O)O)cn1. The second kappa shape index (κ2) is 5.03. The zero-order chi connectivity index (χ0) is 13.1. The van der Waals surface area contributed by atoms with E-state index in [0.29, 0.717) is 13.0 Å². The van der Waals surface area contributed by atoms with Crippen LogP contribution in [0.3, 0.4) is 0 Å². The van der Waals surface area contributed by atoms with Crippen molar-refractivity contribution in [3.05, 3.63) is 24.0 Å². The van der Waals surface area contributed by atoms with E-state index in [9.17, 15) is 9.59 Å². The van der Waals surface area contributed by atoms with Crippen molar-refractivity contribution in [1.82, 2.24) is 14.7 Å². The summed E-state index contributed by atoms with van der Waals surface area (Å²) in [6, 6.07) is -0.684. The fraction of sp³-hybridized carbons (Fsp3) is 0.417. The number of carbonyl (C=O) groups is 2. The lowest BCUT2D eigenvalue weighted by atomic mass is 10.2. The Bertz CT molecular complexity index is 493. The Kier molecular flexibility index (Phi) is 3.45. The number of aryl methyl sites for hydroxylation is 1. The minimum absolute atomic E-state index is 0.260. The van der Waals surface area contributed by atoms with Crippen LogP contribution < -0.4 is 0 Å². The van der Waals surface area contributed by atoms with E-state index in [-0.39, 0.29) is 5.91 Å². The molecule has 1 amide bonds. The van der Waals surface area contributed by atoms with Gasteiger partial charge < -0.3 is 10.0 Å². The molecule has 1 N–H and O–H groups in total. The minimum Gasteiger partial charge on any atom is -0.480 e. The van der Waals surface area contributed by atoms with Gasteiger partial charge in [-0.3, -0.25) is 9.48 Å². The number of aromatic nitrogens is 2. The highest BCUT2D eigenvalue weighted by molar-refractivity contribution is 5.94. The van der Waals surface area contributed by atoms with Gasteiger partial charge in [0.25, 0.3) is 0 Å². The molecule has 96 valence electrons. The van der Waals surface area contributed by atoms with E-state index >= 15 is 0 Å². The Balaban J connectivity index is 2.03. The zero-order valence-corrected chi connectivity index (χ0v) is 10.1. The molecule has 1 aliphatic heterocycles. The van der Waals surface area contributed by atoms with Crippen LogP contribution in [0.5, 0.6) is 0 Å². The molecule has 18 heavy (non-hydrogen) atoms. The summed E-state index contributed by atoms with van der Waals surface area (Å²) in [4.78, 5) is 24.2. The van der Waals surface area contributed by atoms with Gasteiger partial charge in [0, 0.05) is 31.4 Å². The molecule has 6 nitrogen and oxygen atoms in total. The summed E-state index contributed by atoms with van der Waals surface area (Å²) in [5.74, 6) is -1.20. The van der Waals surface area contributed by atoms with E-state index in [1.165, 1.54) is 11.0 Å². The van der Waals surface area contributed by atoms with Gasteiger partial charge >= 0.3 is 5.97 Å². The van der Waals surface area contributed by atoms with Gasteiger partial charge in [0.2, 0.25) is 5.91 Å². The van der Waals surface area contributed by atoms with Crippen molar-refractivity contribution < 1.29 is 14.7 Å². The normalized spacial score (nSPS) is 19.6. The topological polar surface area (TPSA) is 75.4 Å². The van der Waals surface area contributed by atoms with Gasteiger partial charge in [0.1, 0.15) is 6.04 Å². The van der Waals surface area contributed by atoms with Crippen molar-refractivity contribution in [1.29, 1.82) is 0 Å². The zero-order valence-electron chi connectivity index (χ0n) is 10.1. The van der Waals surface area contributed by atoms with Crippen molar-refractivity contribution in [2.75, 3.05) is 6.54 Å². The number of likely N-dealkylation sites (tertiary alicyclic amines) is 1. The summed E-state index contributed by atoms with van der Waals surface area (Å²) in [6.07, 6.45) is 7.74. The van der Waals surface area contributed by atoms with Gasteiger partial charge in [-0.25, -0.2) is 4.79 Å². The maximum absolute atomic E-state index is 11.9. The Morgan fingerprint density at radius 2 is 2.33 bits per heavy atom. The summed E-state index contributed by atoms with van der Waals surface area (Å²) in [5, 5.41) is 13.0.